The number of carbonyl (C=O) groups is 1. The second-order valence-corrected chi connectivity index (χ2v) is 6.46. The molecule has 3 aliphatic rings. The molecule has 1 amide bonds. The van der Waals surface area contributed by atoms with E-state index in [-0.39, 0.29) is 5.91 Å². The molecule has 0 heterocycles. The van der Waals surface area contributed by atoms with Gasteiger partial charge in [0.25, 0.3) is 0 Å². The van der Waals surface area contributed by atoms with Gasteiger partial charge in [0, 0.05) is 13.1 Å². The first-order chi connectivity index (χ1) is 8.17. The Morgan fingerprint density at radius 3 is 1.94 bits per heavy atom. The Bertz CT molecular complexity index is 287. The van der Waals surface area contributed by atoms with E-state index in [1.807, 2.05) is 0 Å². The predicted molar refractivity (Wildman–Crippen MR) is 67.4 cm³/mol. The monoisotopic (exact) mass is 236 g/mol. The van der Waals surface area contributed by atoms with Gasteiger partial charge in [-0.05, 0) is 50.4 Å². The Morgan fingerprint density at radius 1 is 1.06 bits per heavy atom. The molecule has 3 saturated carbocycles. The molecule has 0 aromatic heterocycles. The lowest BCUT2D eigenvalue weighted by Crippen LogP contribution is -2.54. The van der Waals surface area contributed by atoms with Crippen molar-refractivity contribution in [2.75, 3.05) is 13.1 Å². The second kappa shape index (κ2) is 4.27. The van der Waals surface area contributed by atoms with E-state index in [0.717, 1.165) is 50.6 Å². The number of amides is 1. The molecule has 0 aromatic carbocycles. The largest absolute Gasteiger partial charge is 0.341 e. The van der Waals surface area contributed by atoms with E-state index < -0.39 is 5.54 Å². The zero-order valence-corrected chi connectivity index (χ0v) is 10.7. The van der Waals surface area contributed by atoms with E-state index in [9.17, 15) is 4.79 Å². The molecule has 0 spiro atoms. The molecule has 0 aliphatic heterocycles. The summed E-state index contributed by atoms with van der Waals surface area (Å²) >= 11 is 0. The van der Waals surface area contributed by atoms with Crippen molar-refractivity contribution < 1.29 is 4.79 Å². The van der Waals surface area contributed by atoms with Crippen LogP contribution < -0.4 is 5.73 Å². The maximum absolute atomic E-state index is 12.6. The van der Waals surface area contributed by atoms with Gasteiger partial charge < -0.3 is 10.6 Å². The second-order valence-electron chi connectivity index (χ2n) is 6.46. The van der Waals surface area contributed by atoms with E-state index in [1.54, 1.807) is 0 Å². The third-order valence-corrected chi connectivity index (χ3v) is 4.56. The quantitative estimate of drug-likeness (QED) is 0.792. The lowest BCUT2D eigenvalue weighted by molar-refractivity contribution is -0.137. The van der Waals surface area contributed by atoms with Crippen LogP contribution in [0.15, 0.2) is 0 Å². The van der Waals surface area contributed by atoms with Crippen LogP contribution in [0.25, 0.3) is 0 Å². The van der Waals surface area contributed by atoms with Gasteiger partial charge in [-0.1, -0.05) is 12.8 Å². The van der Waals surface area contributed by atoms with Crippen molar-refractivity contribution in [2.24, 2.45) is 17.6 Å². The van der Waals surface area contributed by atoms with Gasteiger partial charge in [-0.25, -0.2) is 0 Å². The molecule has 0 radical (unpaired) electrons. The van der Waals surface area contributed by atoms with Crippen molar-refractivity contribution in [3.05, 3.63) is 0 Å². The number of nitrogens with zero attached hydrogens (tertiary/aromatic N) is 1. The van der Waals surface area contributed by atoms with Crippen molar-refractivity contribution in [2.45, 2.75) is 56.9 Å². The fourth-order valence-corrected chi connectivity index (χ4v) is 3.00. The van der Waals surface area contributed by atoms with Crippen LogP contribution in [-0.2, 0) is 4.79 Å². The van der Waals surface area contributed by atoms with Gasteiger partial charge >= 0.3 is 0 Å². The molecule has 0 atom stereocenters. The highest BCUT2D eigenvalue weighted by atomic mass is 16.2. The molecule has 96 valence electrons. The maximum atomic E-state index is 12.6. The molecule has 3 heteroatoms. The minimum Gasteiger partial charge on any atom is -0.341 e. The average Bonchev–Trinajstić information content (AvgIpc) is 3.22. The normalized spacial score (nSPS) is 27.1. The number of hydrogen-bond acceptors (Lipinski definition) is 2. The molecule has 2 N–H and O–H groups in total. The summed E-state index contributed by atoms with van der Waals surface area (Å²) < 4.78 is 0. The molecular formula is C14H24N2O. The van der Waals surface area contributed by atoms with Gasteiger partial charge in [-0.2, -0.15) is 0 Å². The van der Waals surface area contributed by atoms with Crippen LogP contribution in [0.5, 0.6) is 0 Å². The SMILES string of the molecule is NC1(C(=O)N(CC2CC2)CC2CC2)CCCC1. The molecule has 0 aromatic rings. The molecule has 3 rings (SSSR count). The number of carbonyl (C=O) groups excluding carboxylic acids is 1. The topological polar surface area (TPSA) is 46.3 Å². The van der Waals surface area contributed by atoms with E-state index in [2.05, 4.69) is 4.90 Å². The van der Waals surface area contributed by atoms with E-state index in [1.165, 1.54) is 25.7 Å². The van der Waals surface area contributed by atoms with Crippen LogP contribution in [0, 0.1) is 11.8 Å². The molecule has 17 heavy (non-hydrogen) atoms. The lowest BCUT2D eigenvalue weighted by Gasteiger charge is -2.31. The maximum Gasteiger partial charge on any atom is 0.242 e. The molecule has 0 saturated heterocycles. The molecular weight excluding hydrogens is 212 g/mol. The van der Waals surface area contributed by atoms with Crippen LogP contribution in [-0.4, -0.2) is 29.4 Å². The molecule has 3 aliphatic carbocycles. The van der Waals surface area contributed by atoms with E-state index >= 15 is 0 Å². The van der Waals surface area contributed by atoms with Gasteiger partial charge in [0.1, 0.15) is 0 Å². The van der Waals surface area contributed by atoms with E-state index in [4.69, 9.17) is 5.73 Å². The summed E-state index contributed by atoms with van der Waals surface area (Å²) in [5, 5.41) is 0. The van der Waals surface area contributed by atoms with Crippen molar-refractivity contribution in [3.63, 3.8) is 0 Å². The highest BCUT2D eigenvalue weighted by molar-refractivity contribution is 5.86. The first kappa shape index (κ1) is 11.5. The minimum absolute atomic E-state index is 0.258. The summed E-state index contributed by atoms with van der Waals surface area (Å²) in [6.45, 7) is 1.96. The van der Waals surface area contributed by atoms with Crippen molar-refractivity contribution in [1.29, 1.82) is 0 Å². The minimum atomic E-state index is -0.510. The standard InChI is InChI=1S/C14H24N2O/c15-14(7-1-2-8-14)13(17)16(9-11-3-4-11)10-12-5-6-12/h11-12H,1-10,15H2. The summed E-state index contributed by atoms with van der Waals surface area (Å²) in [4.78, 5) is 14.7. The van der Waals surface area contributed by atoms with E-state index in [0.29, 0.717) is 0 Å². The smallest absolute Gasteiger partial charge is 0.242 e. The van der Waals surface area contributed by atoms with Crippen molar-refractivity contribution in [3.8, 4) is 0 Å². The van der Waals surface area contributed by atoms with Gasteiger partial charge in [0.2, 0.25) is 5.91 Å². The number of hydrogen-bond donors (Lipinski definition) is 1. The Balaban J connectivity index is 1.64. The van der Waals surface area contributed by atoms with Crippen molar-refractivity contribution in [1.82, 2.24) is 4.90 Å². The first-order valence-corrected chi connectivity index (χ1v) is 7.26. The highest BCUT2D eigenvalue weighted by Gasteiger charge is 2.42. The third-order valence-electron chi connectivity index (χ3n) is 4.56. The Morgan fingerprint density at radius 2 is 1.53 bits per heavy atom. The zero-order valence-electron chi connectivity index (χ0n) is 10.7. The van der Waals surface area contributed by atoms with Gasteiger partial charge in [0.15, 0.2) is 0 Å². The Kier molecular flexibility index (Phi) is 2.89. The zero-order chi connectivity index (χ0) is 11.9. The fourth-order valence-electron chi connectivity index (χ4n) is 3.00. The Hall–Kier alpha value is -0.570. The van der Waals surface area contributed by atoms with Gasteiger partial charge in [-0.3, -0.25) is 4.79 Å². The van der Waals surface area contributed by atoms with Crippen molar-refractivity contribution >= 4 is 5.91 Å². The summed E-state index contributed by atoms with van der Waals surface area (Å²) in [6.07, 6.45) is 9.30. The lowest BCUT2D eigenvalue weighted by atomic mass is 9.96. The van der Waals surface area contributed by atoms with Gasteiger partial charge in [-0.15, -0.1) is 0 Å². The first-order valence-electron chi connectivity index (χ1n) is 7.26. The summed E-state index contributed by atoms with van der Waals surface area (Å²) in [6, 6.07) is 0. The number of nitrogens with two attached hydrogens (primary N) is 1. The average molecular weight is 236 g/mol. The van der Waals surface area contributed by atoms with Crippen LogP contribution in [0.3, 0.4) is 0 Å². The summed E-state index contributed by atoms with van der Waals surface area (Å²) in [5.41, 5.74) is 5.79. The molecule has 0 unspecified atom stereocenters. The summed E-state index contributed by atoms with van der Waals surface area (Å²) in [7, 11) is 0. The number of rotatable bonds is 5. The van der Waals surface area contributed by atoms with Crippen LogP contribution in [0.2, 0.25) is 0 Å². The third kappa shape index (κ3) is 2.65. The Labute approximate surface area is 104 Å². The van der Waals surface area contributed by atoms with Crippen LogP contribution >= 0.6 is 0 Å². The fraction of sp³-hybridized carbons (Fsp3) is 0.929. The van der Waals surface area contributed by atoms with Gasteiger partial charge in [0.05, 0.1) is 5.54 Å². The predicted octanol–water partition coefficient (Wildman–Crippen LogP) is 1.91. The summed E-state index contributed by atoms with van der Waals surface area (Å²) in [5.74, 6) is 1.82. The molecule has 0 bridgehead atoms. The van der Waals surface area contributed by atoms with Crippen LogP contribution in [0.4, 0.5) is 0 Å². The molecule has 3 nitrogen and oxygen atoms in total. The highest BCUT2D eigenvalue weighted by Crippen LogP contribution is 2.36. The molecule has 3 fully saturated rings. The van der Waals surface area contributed by atoms with Crippen LogP contribution in [0.1, 0.15) is 51.4 Å².